The number of fused-ring (bicyclic) bond motifs is 5. The Morgan fingerprint density at radius 1 is 0.897 bits per heavy atom. The van der Waals surface area contributed by atoms with Crippen LogP contribution >= 0.6 is 11.8 Å². The highest BCUT2D eigenvalue weighted by molar-refractivity contribution is 7.99. The molecule has 4 aromatic rings. The minimum absolute atomic E-state index is 0.128. The highest BCUT2D eigenvalue weighted by Gasteiger charge is 2.30. The number of anilines is 4. The Morgan fingerprint density at radius 2 is 1.54 bits per heavy atom. The van der Waals surface area contributed by atoms with E-state index in [2.05, 4.69) is 116 Å². The molecule has 39 heavy (non-hydrogen) atoms. The number of aryl methyl sites for hydroxylation is 2. The fourth-order valence-electron chi connectivity index (χ4n) is 5.89. The van der Waals surface area contributed by atoms with Gasteiger partial charge in [0.15, 0.2) is 0 Å². The topological polar surface area (TPSA) is 35.0 Å². The van der Waals surface area contributed by atoms with Gasteiger partial charge in [-0.05, 0) is 68.1 Å². The standard InChI is InChI=1S/C32H37N5OS/c1-21-7-10-26-24(17-21)25-20-35(6)15-13-27(25)36(26)16-14-32(38)37-28-11-8-22(33(2)3)18-30(28)39-31-19-23(34(4)5)9-12-29(31)37/h7-12,17-19H,13-16,20H2,1-6H3. The van der Waals surface area contributed by atoms with Crippen molar-refractivity contribution in [3.05, 3.63) is 71.4 Å². The lowest BCUT2D eigenvalue weighted by Crippen LogP contribution is -2.30. The molecule has 2 aliphatic heterocycles. The predicted molar refractivity (Wildman–Crippen MR) is 164 cm³/mol. The molecule has 0 unspecified atom stereocenters. The Labute approximate surface area is 235 Å². The molecule has 3 heterocycles. The maximum Gasteiger partial charge on any atom is 0.233 e. The molecular formula is C32H37N5OS. The van der Waals surface area contributed by atoms with Crippen molar-refractivity contribution in [2.24, 2.45) is 0 Å². The smallest absolute Gasteiger partial charge is 0.233 e. The third kappa shape index (κ3) is 4.57. The van der Waals surface area contributed by atoms with Crippen LogP contribution in [0.4, 0.5) is 22.7 Å². The molecule has 0 atom stereocenters. The van der Waals surface area contributed by atoms with Gasteiger partial charge in [-0.3, -0.25) is 9.69 Å². The Kier molecular flexibility index (Phi) is 6.60. The highest BCUT2D eigenvalue weighted by atomic mass is 32.2. The summed E-state index contributed by atoms with van der Waals surface area (Å²) in [4.78, 5) is 24.9. The lowest BCUT2D eigenvalue weighted by molar-refractivity contribution is -0.118. The number of carbonyl (C=O) groups is 1. The molecule has 7 heteroatoms. The maximum atomic E-state index is 14.1. The minimum Gasteiger partial charge on any atom is -0.378 e. The van der Waals surface area contributed by atoms with Crippen molar-refractivity contribution in [1.82, 2.24) is 9.47 Å². The van der Waals surface area contributed by atoms with Crippen LogP contribution in [0.15, 0.2) is 64.4 Å². The van der Waals surface area contributed by atoms with Crippen molar-refractivity contribution >= 4 is 51.3 Å². The molecule has 1 amide bonds. The fourth-order valence-corrected chi connectivity index (χ4v) is 7.01. The molecule has 202 valence electrons. The molecule has 0 fully saturated rings. The van der Waals surface area contributed by atoms with Crippen molar-refractivity contribution in [3.8, 4) is 0 Å². The molecule has 2 aliphatic rings. The Morgan fingerprint density at radius 3 is 2.15 bits per heavy atom. The van der Waals surface area contributed by atoms with E-state index in [1.54, 1.807) is 11.8 Å². The van der Waals surface area contributed by atoms with E-state index in [-0.39, 0.29) is 5.91 Å². The third-order valence-corrected chi connectivity index (χ3v) is 9.11. The van der Waals surface area contributed by atoms with Crippen molar-refractivity contribution < 1.29 is 4.79 Å². The zero-order valence-electron chi connectivity index (χ0n) is 23.8. The van der Waals surface area contributed by atoms with Crippen molar-refractivity contribution in [1.29, 1.82) is 0 Å². The summed E-state index contributed by atoms with van der Waals surface area (Å²) in [5.41, 5.74) is 9.54. The lowest BCUT2D eigenvalue weighted by atomic mass is 10.0. The maximum absolute atomic E-state index is 14.1. The van der Waals surface area contributed by atoms with Crippen LogP contribution < -0.4 is 14.7 Å². The molecule has 0 saturated heterocycles. The number of amides is 1. The van der Waals surface area contributed by atoms with E-state index in [4.69, 9.17) is 0 Å². The first-order valence-electron chi connectivity index (χ1n) is 13.6. The van der Waals surface area contributed by atoms with Gasteiger partial charge in [0.1, 0.15) is 0 Å². The molecule has 0 spiro atoms. The summed E-state index contributed by atoms with van der Waals surface area (Å²) < 4.78 is 2.42. The Hall–Kier alpha value is -3.42. The summed E-state index contributed by atoms with van der Waals surface area (Å²) in [6.45, 7) is 4.84. The zero-order valence-corrected chi connectivity index (χ0v) is 24.6. The van der Waals surface area contributed by atoms with Gasteiger partial charge in [-0.25, -0.2) is 0 Å². The van der Waals surface area contributed by atoms with Crippen LogP contribution in [-0.4, -0.2) is 57.2 Å². The van der Waals surface area contributed by atoms with Crippen LogP contribution in [0.5, 0.6) is 0 Å². The van der Waals surface area contributed by atoms with Crippen LogP contribution in [0.2, 0.25) is 0 Å². The molecule has 0 saturated carbocycles. The van der Waals surface area contributed by atoms with E-state index >= 15 is 0 Å². The van der Waals surface area contributed by atoms with Gasteiger partial charge < -0.3 is 19.3 Å². The van der Waals surface area contributed by atoms with Crippen LogP contribution in [-0.2, 0) is 24.3 Å². The first kappa shape index (κ1) is 25.8. The molecule has 0 radical (unpaired) electrons. The monoisotopic (exact) mass is 539 g/mol. The largest absolute Gasteiger partial charge is 0.378 e. The first-order chi connectivity index (χ1) is 18.7. The zero-order chi connectivity index (χ0) is 27.4. The number of hydrogen-bond acceptors (Lipinski definition) is 5. The van der Waals surface area contributed by atoms with Crippen molar-refractivity contribution in [2.75, 3.05) is 56.5 Å². The average Bonchev–Trinajstić information content (AvgIpc) is 3.21. The van der Waals surface area contributed by atoms with Crippen LogP contribution in [0.3, 0.4) is 0 Å². The number of aromatic nitrogens is 1. The quantitative estimate of drug-likeness (QED) is 0.298. The molecule has 6 nitrogen and oxygen atoms in total. The first-order valence-corrected chi connectivity index (χ1v) is 14.5. The number of rotatable bonds is 5. The highest BCUT2D eigenvalue weighted by Crippen LogP contribution is 2.50. The Bertz CT molecular complexity index is 1530. The summed E-state index contributed by atoms with van der Waals surface area (Å²) in [5, 5.41) is 1.33. The van der Waals surface area contributed by atoms with Crippen LogP contribution in [0.1, 0.15) is 23.2 Å². The Balaban J connectivity index is 1.37. The number of benzene rings is 3. The van der Waals surface area contributed by atoms with Crippen LogP contribution in [0.25, 0.3) is 10.9 Å². The van der Waals surface area contributed by atoms with Crippen molar-refractivity contribution in [3.63, 3.8) is 0 Å². The van der Waals surface area contributed by atoms with Gasteiger partial charge in [0.25, 0.3) is 0 Å². The molecule has 0 bridgehead atoms. The summed E-state index contributed by atoms with van der Waals surface area (Å²) in [5.74, 6) is 0.128. The second-order valence-electron chi connectivity index (χ2n) is 11.3. The summed E-state index contributed by atoms with van der Waals surface area (Å²) >= 11 is 1.75. The molecule has 3 aromatic carbocycles. The summed E-state index contributed by atoms with van der Waals surface area (Å²) in [7, 11) is 10.4. The van der Waals surface area contributed by atoms with E-state index < -0.39 is 0 Å². The number of carbonyl (C=O) groups excluding carboxylic acids is 1. The van der Waals surface area contributed by atoms with E-state index in [9.17, 15) is 4.79 Å². The molecule has 6 rings (SSSR count). The molecule has 0 aliphatic carbocycles. The number of hydrogen-bond donors (Lipinski definition) is 0. The minimum atomic E-state index is 0.128. The second kappa shape index (κ2) is 9.96. The molecular weight excluding hydrogens is 502 g/mol. The number of likely N-dealkylation sites (N-methyl/N-ethyl adjacent to an activating group) is 1. The fraction of sp³-hybridized carbons (Fsp3) is 0.344. The van der Waals surface area contributed by atoms with Gasteiger partial charge in [0.05, 0.1) is 11.4 Å². The van der Waals surface area contributed by atoms with Crippen molar-refractivity contribution in [2.45, 2.75) is 42.6 Å². The summed E-state index contributed by atoms with van der Waals surface area (Å²) in [6, 6.07) is 19.5. The van der Waals surface area contributed by atoms with Gasteiger partial charge in [-0.2, -0.15) is 0 Å². The lowest BCUT2D eigenvalue weighted by Gasteiger charge is -2.33. The van der Waals surface area contributed by atoms with Gasteiger partial charge in [0.2, 0.25) is 5.91 Å². The molecule has 0 N–H and O–H groups in total. The molecule has 1 aromatic heterocycles. The van der Waals surface area contributed by atoms with E-state index in [1.807, 2.05) is 4.90 Å². The SMILES string of the molecule is Cc1ccc2c(c1)c1c(n2CCC(=O)N2c3ccc(N(C)C)cc3Sc3cc(N(C)C)ccc32)CCN(C)C1. The summed E-state index contributed by atoms with van der Waals surface area (Å²) in [6.07, 6.45) is 1.45. The average molecular weight is 540 g/mol. The van der Waals surface area contributed by atoms with Gasteiger partial charge in [-0.1, -0.05) is 23.4 Å². The van der Waals surface area contributed by atoms with Gasteiger partial charge >= 0.3 is 0 Å². The predicted octanol–water partition coefficient (Wildman–Crippen LogP) is 6.29. The van der Waals surface area contributed by atoms with E-state index in [0.717, 1.165) is 52.1 Å². The third-order valence-electron chi connectivity index (χ3n) is 8.02. The van der Waals surface area contributed by atoms with Gasteiger partial charge in [0, 0.05) is 98.4 Å². The van der Waals surface area contributed by atoms with Gasteiger partial charge in [-0.15, -0.1) is 0 Å². The normalized spacial score (nSPS) is 14.7. The van der Waals surface area contributed by atoms with E-state index in [1.165, 1.54) is 27.7 Å². The van der Waals surface area contributed by atoms with Crippen LogP contribution in [0, 0.1) is 6.92 Å². The number of nitrogens with zero attached hydrogens (tertiary/aromatic N) is 5. The second-order valence-corrected chi connectivity index (χ2v) is 12.3. The van der Waals surface area contributed by atoms with E-state index in [0.29, 0.717) is 13.0 Å².